The van der Waals surface area contributed by atoms with Crippen molar-refractivity contribution in [3.05, 3.63) is 58.1 Å². The van der Waals surface area contributed by atoms with E-state index in [1.54, 1.807) is 24.3 Å². The Hall–Kier alpha value is -2.70. The second-order valence-corrected chi connectivity index (χ2v) is 7.24. The minimum atomic E-state index is -0.407. The van der Waals surface area contributed by atoms with Crippen LogP contribution >= 0.6 is 11.6 Å². The van der Waals surface area contributed by atoms with E-state index >= 15 is 0 Å². The van der Waals surface area contributed by atoms with Gasteiger partial charge in [0.25, 0.3) is 0 Å². The molecule has 0 radical (unpaired) electrons. The van der Waals surface area contributed by atoms with Crippen LogP contribution in [0, 0.1) is 0 Å². The third-order valence-corrected chi connectivity index (χ3v) is 4.69. The minimum Gasteiger partial charge on any atom is -0.488 e. The van der Waals surface area contributed by atoms with Gasteiger partial charge in [-0.1, -0.05) is 11.6 Å². The summed E-state index contributed by atoms with van der Waals surface area (Å²) in [6, 6.07) is 6.46. The number of fused-ring (bicyclic) bond motifs is 4. The van der Waals surface area contributed by atoms with Gasteiger partial charge in [0.15, 0.2) is 11.5 Å². The highest BCUT2D eigenvalue weighted by Gasteiger charge is 2.36. The molecule has 2 aromatic heterocycles. The van der Waals surface area contributed by atoms with E-state index in [1.165, 1.54) is 6.20 Å². The third-order valence-electron chi connectivity index (χ3n) is 4.39. The molecule has 27 heavy (non-hydrogen) atoms. The lowest BCUT2D eigenvalue weighted by atomic mass is 9.90. The van der Waals surface area contributed by atoms with Crippen molar-refractivity contribution in [2.45, 2.75) is 13.0 Å². The molecule has 0 N–H and O–H groups in total. The van der Waals surface area contributed by atoms with Gasteiger partial charge in [0, 0.05) is 24.2 Å². The molecule has 1 aliphatic carbocycles. The lowest BCUT2D eigenvalue weighted by Crippen LogP contribution is -2.28. The summed E-state index contributed by atoms with van der Waals surface area (Å²) in [6.07, 6.45) is 1.38. The SMILES string of the molecule is CC(CN(C)C)Oc1cc2oc3c(c2cc1Cl)C(=O)c1cccnc1C3=O. The quantitative estimate of drug-likeness (QED) is 0.535. The average Bonchev–Trinajstić information content (AvgIpc) is 2.98. The fourth-order valence-electron chi connectivity index (χ4n) is 3.35. The van der Waals surface area contributed by atoms with E-state index in [-0.39, 0.29) is 34.5 Å². The van der Waals surface area contributed by atoms with Crippen molar-refractivity contribution in [2.24, 2.45) is 0 Å². The van der Waals surface area contributed by atoms with E-state index < -0.39 is 5.78 Å². The minimum absolute atomic E-state index is 0.00393. The zero-order valence-corrected chi connectivity index (χ0v) is 15.8. The van der Waals surface area contributed by atoms with Gasteiger partial charge in [-0.3, -0.25) is 14.6 Å². The maximum atomic E-state index is 12.9. The molecule has 0 spiro atoms. The highest BCUT2D eigenvalue weighted by molar-refractivity contribution is 6.34. The van der Waals surface area contributed by atoms with E-state index in [4.69, 9.17) is 20.8 Å². The standard InChI is InChI=1S/C20H17ClN2O4/c1-10(9-23(2)3)26-15-8-14-12(7-13(15)21)16-18(24)11-5-4-6-22-17(11)19(25)20(16)27-14/h4-8,10H,9H2,1-3H3. The van der Waals surface area contributed by atoms with Crippen molar-refractivity contribution in [2.75, 3.05) is 20.6 Å². The Morgan fingerprint density at radius 1 is 1.26 bits per heavy atom. The normalized spacial score (nSPS) is 14.4. The van der Waals surface area contributed by atoms with Crippen LogP contribution in [0.1, 0.15) is 39.1 Å². The molecule has 2 heterocycles. The molecule has 0 amide bonds. The molecule has 7 heteroatoms. The Bertz CT molecular complexity index is 1090. The van der Waals surface area contributed by atoms with Gasteiger partial charge in [-0.05, 0) is 39.2 Å². The molecule has 0 aliphatic heterocycles. The highest BCUT2D eigenvalue weighted by Crippen LogP contribution is 2.39. The van der Waals surface area contributed by atoms with Crippen molar-refractivity contribution in [1.29, 1.82) is 0 Å². The Labute approximate surface area is 160 Å². The van der Waals surface area contributed by atoms with Crippen LogP contribution < -0.4 is 4.74 Å². The number of hydrogen-bond acceptors (Lipinski definition) is 6. The predicted molar refractivity (Wildman–Crippen MR) is 101 cm³/mol. The summed E-state index contributed by atoms with van der Waals surface area (Å²) in [4.78, 5) is 31.6. The number of likely N-dealkylation sites (N-methyl/N-ethyl adjacent to an activating group) is 1. The first-order valence-corrected chi connectivity index (χ1v) is 8.86. The first kappa shape index (κ1) is 17.7. The van der Waals surface area contributed by atoms with Crippen LogP contribution in [0.3, 0.4) is 0 Å². The van der Waals surface area contributed by atoms with Crippen LogP contribution in [-0.2, 0) is 0 Å². The van der Waals surface area contributed by atoms with Crippen LogP contribution in [0.15, 0.2) is 34.9 Å². The Kier molecular flexibility index (Phi) is 4.25. The number of halogens is 1. The van der Waals surface area contributed by atoms with E-state index in [2.05, 4.69) is 4.98 Å². The summed E-state index contributed by atoms with van der Waals surface area (Å²) in [7, 11) is 3.91. The summed E-state index contributed by atoms with van der Waals surface area (Å²) in [5, 5.41) is 0.851. The monoisotopic (exact) mass is 384 g/mol. The van der Waals surface area contributed by atoms with Crippen LogP contribution in [0.5, 0.6) is 5.75 Å². The van der Waals surface area contributed by atoms with Gasteiger partial charge < -0.3 is 14.1 Å². The summed E-state index contributed by atoms with van der Waals surface area (Å²) >= 11 is 6.38. The molecule has 0 saturated carbocycles. The number of ketones is 2. The van der Waals surface area contributed by atoms with Crippen molar-refractivity contribution in [3.8, 4) is 5.75 Å². The topological polar surface area (TPSA) is 72.6 Å². The van der Waals surface area contributed by atoms with Gasteiger partial charge in [0.2, 0.25) is 5.78 Å². The van der Waals surface area contributed by atoms with Crippen molar-refractivity contribution >= 4 is 34.1 Å². The van der Waals surface area contributed by atoms with Crippen LogP contribution in [0.4, 0.5) is 0 Å². The summed E-state index contributed by atoms with van der Waals surface area (Å²) in [5.74, 6) is -0.260. The number of carbonyl (C=O) groups excluding carboxylic acids is 2. The fourth-order valence-corrected chi connectivity index (χ4v) is 3.56. The van der Waals surface area contributed by atoms with E-state index in [1.807, 2.05) is 25.9 Å². The summed E-state index contributed by atoms with van der Waals surface area (Å²) in [5.41, 5.74) is 0.987. The molecule has 6 nitrogen and oxygen atoms in total. The number of rotatable bonds is 4. The number of ether oxygens (including phenoxy) is 1. The molecule has 0 saturated heterocycles. The number of aromatic nitrogens is 1. The first-order chi connectivity index (χ1) is 12.9. The Morgan fingerprint density at radius 3 is 2.78 bits per heavy atom. The Balaban J connectivity index is 1.81. The zero-order chi connectivity index (χ0) is 19.3. The molecule has 0 bridgehead atoms. The molecule has 3 aromatic rings. The third kappa shape index (κ3) is 2.91. The Morgan fingerprint density at radius 2 is 2.04 bits per heavy atom. The van der Waals surface area contributed by atoms with Crippen LogP contribution in [0.25, 0.3) is 11.0 Å². The van der Waals surface area contributed by atoms with E-state index in [0.717, 1.165) is 0 Å². The summed E-state index contributed by atoms with van der Waals surface area (Å²) in [6.45, 7) is 2.64. The number of hydrogen-bond donors (Lipinski definition) is 0. The van der Waals surface area contributed by atoms with Crippen LogP contribution in [0.2, 0.25) is 5.02 Å². The molecule has 1 unspecified atom stereocenters. The van der Waals surface area contributed by atoms with Crippen LogP contribution in [-0.4, -0.2) is 48.2 Å². The molecule has 4 rings (SSSR count). The highest BCUT2D eigenvalue weighted by atomic mass is 35.5. The fraction of sp³-hybridized carbons (Fsp3) is 0.250. The van der Waals surface area contributed by atoms with Gasteiger partial charge in [-0.25, -0.2) is 0 Å². The maximum absolute atomic E-state index is 12.9. The maximum Gasteiger partial charge on any atom is 0.248 e. The first-order valence-electron chi connectivity index (χ1n) is 8.48. The number of benzene rings is 1. The second-order valence-electron chi connectivity index (χ2n) is 6.83. The van der Waals surface area contributed by atoms with Gasteiger partial charge in [-0.2, -0.15) is 0 Å². The van der Waals surface area contributed by atoms with Crippen molar-refractivity contribution in [3.63, 3.8) is 0 Å². The van der Waals surface area contributed by atoms with Crippen molar-refractivity contribution < 1.29 is 18.7 Å². The molecular formula is C20H17ClN2O4. The number of nitrogens with zero attached hydrogens (tertiary/aromatic N) is 2. The van der Waals surface area contributed by atoms with Gasteiger partial charge >= 0.3 is 0 Å². The van der Waals surface area contributed by atoms with Gasteiger partial charge in [-0.15, -0.1) is 0 Å². The predicted octanol–water partition coefficient (Wildman–Crippen LogP) is 3.59. The average molecular weight is 385 g/mol. The van der Waals surface area contributed by atoms with Gasteiger partial charge in [0.05, 0.1) is 16.1 Å². The lowest BCUT2D eigenvalue weighted by Gasteiger charge is -2.19. The van der Waals surface area contributed by atoms with Gasteiger partial charge in [0.1, 0.15) is 23.1 Å². The van der Waals surface area contributed by atoms with Crippen molar-refractivity contribution in [1.82, 2.24) is 9.88 Å². The number of pyridine rings is 1. The molecule has 1 aliphatic rings. The lowest BCUT2D eigenvalue weighted by molar-refractivity contribution is 0.0958. The molecule has 0 fully saturated rings. The van der Waals surface area contributed by atoms with E-state index in [0.29, 0.717) is 28.3 Å². The number of carbonyl (C=O) groups is 2. The molecule has 138 valence electrons. The largest absolute Gasteiger partial charge is 0.488 e. The number of furan rings is 1. The smallest absolute Gasteiger partial charge is 0.248 e. The zero-order valence-electron chi connectivity index (χ0n) is 15.1. The van der Waals surface area contributed by atoms with E-state index in [9.17, 15) is 9.59 Å². The molecule has 1 atom stereocenters. The molecule has 1 aromatic carbocycles. The summed E-state index contributed by atoms with van der Waals surface area (Å²) < 4.78 is 11.6. The molecular weight excluding hydrogens is 368 g/mol. The second kappa shape index (κ2) is 6.48.